The second kappa shape index (κ2) is 10.5. The third-order valence-electron chi connectivity index (χ3n) is 3.66. The molecule has 0 spiro atoms. The van der Waals surface area contributed by atoms with Gasteiger partial charge in [0, 0.05) is 12.2 Å². The average Bonchev–Trinajstić information content (AvgIpc) is 2.72. The zero-order valence-electron chi connectivity index (χ0n) is 15.6. The third-order valence-corrected chi connectivity index (χ3v) is 3.66. The number of ether oxygens (including phenoxy) is 2. The number of aliphatic hydroxyl groups excluding tert-OH is 1. The highest BCUT2D eigenvalue weighted by atomic mass is 16.6. The largest absolute Gasteiger partial charge is 0.504 e. The number of esters is 2. The zero-order valence-corrected chi connectivity index (χ0v) is 15.6. The molecule has 0 bridgehead atoms. The Morgan fingerprint density at radius 1 is 0.733 bits per heavy atom. The van der Waals surface area contributed by atoms with Crippen LogP contribution in [0.1, 0.15) is 11.1 Å². The van der Waals surface area contributed by atoms with E-state index in [9.17, 15) is 35.1 Å². The number of benzene rings is 2. The van der Waals surface area contributed by atoms with Crippen LogP contribution in [0.5, 0.6) is 23.0 Å². The molecule has 2 aromatic carbocycles. The Bertz CT molecular complexity index is 885. The standard InChI is InChI=1S/C21H20O9/c22-15(11-29-20(27)7-3-13-1-5-16(23)18(25)9-13)12-30-21(28)8-4-14-2-6-17(24)19(26)10-14/h1-10,15,22-26H,11-12H2. The molecule has 0 aliphatic heterocycles. The highest BCUT2D eigenvalue weighted by Crippen LogP contribution is 2.26. The summed E-state index contributed by atoms with van der Waals surface area (Å²) >= 11 is 0. The Hall–Kier alpha value is -3.98. The predicted molar refractivity (Wildman–Crippen MR) is 106 cm³/mol. The molecular weight excluding hydrogens is 396 g/mol. The van der Waals surface area contributed by atoms with Crippen molar-refractivity contribution in [2.75, 3.05) is 13.2 Å². The van der Waals surface area contributed by atoms with Gasteiger partial charge in [-0.3, -0.25) is 0 Å². The minimum Gasteiger partial charge on any atom is -0.504 e. The van der Waals surface area contributed by atoms with Crippen LogP contribution < -0.4 is 0 Å². The van der Waals surface area contributed by atoms with Gasteiger partial charge in [0.05, 0.1) is 0 Å². The first-order chi connectivity index (χ1) is 14.2. The molecule has 0 saturated carbocycles. The van der Waals surface area contributed by atoms with E-state index in [1.807, 2.05) is 0 Å². The van der Waals surface area contributed by atoms with E-state index in [2.05, 4.69) is 0 Å². The van der Waals surface area contributed by atoms with Gasteiger partial charge in [0.25, 0.3) is 0 Å². The molecule has 0 unspecified atom stereocenters. The Morgan fingerprint density at radius 2 is 1.13 bits per heavy atom. The van der Waals surface area contributed by atoms with Crippen molar-refractivity contribution in [3.8, 4) is 23.0 Å². The second-order valence-electron chi connectivity index (χ2n) is 6.08. The van der Waals surface area contributed by atoms with E-state index in [0.29, 0.717) is 11.1 Å². The van der Waals surface area contributed by atoms with Crippen LogP contribution in [0.25, 0.3) is 12.2 Å². The molecule has 0 aliphatic carbocycles. The minimum absolute atomic E-state index is 0.288. The Labute approximate surface area is 171 Å². The van der Waals surface area contributed by atoms with Crippen LogP contribution in [0.15, 0.2) is 48.6 Å². The smallest absolute Gasteiger partial charge is 0.330 e. The van der Waals surface area contributed by atoms with Gasteiger partial charge in [0.2, 0.25) is 0 Å². The van der Waals surface area contributed by atoms with Gasteiger partial charge in [0.1, 0.15) is 19.3 Å². The predicted octanol–water partition coefficient (Wildman–Crippen LogP) is 1.68. The maximum atomic E-state index is 11.6. The summed E-state index contributed by atoms with van der Waals surface area (Å²) in [5.74, 6) is -2.77. The van der Waals surface area contributed by atoms with E-state index in [1.54, 1.807) is 0 Å². The van der Waals surface area contributed by atoms with E-state index in [1.165, 1.54) is 48.6 Å². The number of hydrogen-bond acceptors (Lipinski definition) is 9. The van der Waals surface area contributed by atoms with Gasteiger partial charge >= 0.3 is 11.9 Å². The van der Waals surface area contributed by atoms with Crippen LogP contribution >= 0.6 is 0 Å². The van der Waals surface area contributed by atoms with E-state index < -0.39 is 31.3 Å². The summed E-state index contributed by atoms with van der Waals surface area (Å²) < 4.78 is 9.63. The normalized spacial score (nSPS) is 12.2. The summed E-state index contributed by atoms with van der Waals surface area (Å²) in [7, 11) is 0. The molecule has 0 aliphatic rings. The SMILES string of the molecule is O=C(C=Cc1ccc(O)c(O)c1)OCC(O)COC(=O)C=Cc1ccc(O)c(O)c1. The molecule has 158 valence electrons. The summed E-state index contributed by atoms with van der Waals surface area (Å²) in [5.41, 5.74) is 0.899. The fraction of sp³-hybridized carbons (Fsp3) is 0.143. The lowest BCUT2D eigenvalue weighted by Gasteiger charge is -2.10. The van der Waals surface area contributed by atoms with E-state index >= 15 is 0 Å². The van der Waals surface area contributed by atoms with Crippen LogP contribution in [-0.4, -0.2) is 56.8 Å². The number of aromatic hydroxyl groups is 4. The molecule has 9 nitrogen and oxygen atoms in total. The average molecular weight is 416 g/mol. The monoisotopic (exact) mass is 416 g/mol. The van der Waals surface area contributed by atoms with Crippen LogP contribution in [0.2, 0.25) is 0 Å². The number of carbonyl (C=O) groups excluding carboxylic acids is 2. The van der Waals surface area contributed by atoms with Crippen molar-refractivity contribution in [3.63, 3.8) is 0 Å². The van der Waals surface area contributed by atoms with Gasteiger partial charge in [-0.15, -0.1) is 0 Å². The van der Waals surface area contributed by atoms with Crippen LogP contribution in [0.3, 0.4) is 0 Å². The molecule has 2 rings (SSSR count). The number of aliphatic hydroxyl groups is 1. The van der Waals surface area contributed by atoms with Crippen LogP contribution in [0.4, 0.5) is 0 Å². The number of phenols is 4. The first-order valence-corrected chi connectivity index (χ1v) is 8.66. The number of rotatable bonds is 8. The number of carbonyl (C=O) groups is 2. The number of phenolic OH excluding ortho intramolecular Hbond substituents is 4. The van der Waals surface area contributed by atoms with Crippen LogP contribution in [-0.2, 0) is 19.1 Å². The first-order valence-electron chi connectivity index (χ1n) is 8.66. The van der Waals surface area contributed by atoms with Gasteiger partial charge in [-0.05, 0) is 47.5 Å². The lowest BCUT2D eigenvalue weighted by Crippen LogP contribution is -2.24. The maximum absolute atomic E-state index is 11.6. The first kappa shape index (κ1) is 22.3. The van der Waals surface area contributed by atoms with Crippen molar-refractivity contribution in [1.82, 2.24) is 0 Å². The summed E-state index contributed by atoms with van der Waals surface area (Å²) in [6, 6.07) is 7.97. The second-order valence-corrected chi connectivity index (χ2v) is 6.08. The quantitative estimate of drug-likeness (QED) is 0.246. The van der Waals surface area contributed by atoms with Crippen molar-refractivity contribution in [3.05, 3.63) is 59.7 Å². The fourth-order valence-corrected chi connectivity index (χ4v) is 2.12. The molecule has 0 radical (unpaired) electrons. The van der Waals surface area contributed by atoms with Crippen molar-refractivity contribution < 1.29 is 44.6 Å². The molecule has 9 heteroatoms. The van der Waals surface area contributed by atoms with Crippen molar-refractivity contribution in [2.45, 2.75) is 6.10 Å². The summed E-state index contributed by atoms with van der Waals surface area (Å²) in [5, 5.41) is 46.9. The lowest BCUT2D eigenvalue weighted by atomic mass is 10.2. The molecule has 2 aromatic rings. The van der Waals surface area contributed by atoms with E-state index in [0.717, 1.165) is 12.2 Å². The highest BCUT2D eigenvalue weighted by Gasteiger charge is 2.10. The van der Waals surface area contributed by atoms with E-state index in [4.69, 9.17) is 9.47 Å². The molecule has 0 aromatic heterocycles. The van der Waals surface area contributed by atoms with Crippen molar-refractivity contribution >= 4 is 24.1 Å². The molecule has 0 heterocycles. The lowest BCUT2D eigenvalue weighted by molar-refractivity contribution is -0.146. The number of hydrogen-bond donors (Lipinski definition) is 5. The Morgan fingerprint density at radius 3 is 1.50 bits per heavy atom. The zero-order chi connectivity index (χ0) is 22.1. The van der Waals surface area contributed by atoms with Gasteiger partial charge in [-0.25, -0.2) is 9.59 Å². The molecule has 0 fully saturated rings. The van der Waals surface area contributed by atoms with Crippen molar-refractivity contribution in [1.29, 1.82) is 0 Å². The Kier molecular flexibility index (Phi) is 7.83. The summed E-state index contributed by atoms with van der Waals surface area (Å²) in [4.78, 5) is 23.3. The van der Waals surface area contributed by atoms with Gasteiger partial charge in [-0.1, -0.05) is 12.1 Å². The Balaban J connectivity index is 1.72. The summed E-state index contributed by atoms with van der Waals surface area (Å²) in [6.07, 6.45) is 3.59. The van der Waals surface area contributed by atoms with E-state index in [-0.39, 0.29) is 23.0 Å². The van der Waals surface area contributed by atoms with Gasteiger partial charge in [-0.2, -0.15) is 0 Å². The third kappa shape index (κ3) is 7.21. The topological polar surface area (TPSA) is 154 Å². The maximum Gasteiger partial charge on any atom is 0.330 e. The molecule has 0 saturated heterocycles. The fourth-order valence-electron chi connectivity index (χ4n) is 2.12. The van der Waals surface area contributed by atoms with Gasteiger partial charge < -0.3 is 35.0 Å². The molecule has 0 atom stereocenters. The van der Waals surface area contributed by atoms with Crippen molar-refractivity contribution in [2.24, 2.45) is 0 Å². The minimum atomic E-state index is -1.24. The van der Waals surface area contributed by atoms with Gasteiger partial charge in [0.15, 0.2) is 23.0 Å². The molecular formula is C21H20O9. The van der Waals surface area contributed by atoms with Crippen LogP contribution in [0, 0.1) is 0 Å². The summed E-state index contributed by atoms with van der Waals surface area (Å²) in [6.45, 7) is -0.820. The molecule has 30 heavy (non-hydrogen) atoms. The molecule has 0 amide bonds. The molecule has 5 N–H and O–H groups in total. The highest BCUT2D eigenvalue weighted by molar-refractivity contribution is 5.87.